The van der Waals surface area contributed by atoms with Crippen LogP contribution < -0.4 is 10.2 Å². The molecule has 1 aromatic carbocycles. The molecule has 2 aliphatic rings. The molecule has 0 saturated carbocycles. The van der Waals surface area contributed by atoms with Crippen molar-refractivity contribution >= 4 is 29.1 Å². The maximum absolute atomic E-state index is 12.6. The van der Waals surface area contributed by atoms with Crippen molar-refractivity contribution in [3.63, 3.8) is 0 Å². The van der Waals surface area contributed by atoms with Gasteiger partial charge in [0.25, 0.3) is 0 Å². The lowest BCUT2D eigenvalue weighted by molar-refractivity contribution is -0.129. The predicted molar refractivity (Wildman–Crippen MR) is 112 cm³/mol. The van der Waals surface area contributed by atoms with Crippen molar-refractivity contribution in [2.45, 2.75) is 26.3 Å². The summed E-state index contributed by atoms with van der Waals surface area (Å²) in [5, 5.41) is 3.81. The second-order valence-electron chi connectivity index (χ2n) is 8.03. The molecule has 2 amide bonds. The Kier molecular flexibility index (Phi) is 5.81. The first-order valence-electron chi connectivity index (χ1n) is 10.1. The van der Waals surface area contributed by atoms with E-state index in [4.69, 9.17) is 16.0 Å². The number of carbonyl (C=O) groups excluding carboxylic acids is 2. The van der Waals surface area contributed by atoms with E-state index in [0.29, 0.717) is 25.6 Å². The molecule has 0 spiro atoms. The molecule has 154 valence electrons. The standard InChI is InChI=1S/C22H26ClN3O3/c1-15-4-5-18(23)10-20(15)25-7-6-16(12-25)11-24-22(28)17-9-21(27)26(13-17)14-19-3-2-8-29-19/h2-5,8,10,16-17H,6-7,9,11-14H2,1H3,(H,24,28). The molecule has 2 atom stereocenters. The van der Waals surface area contributed by atoms with E-state index in [2.05, 4.69) is 17.1 Å². The summed E-state index contributed by atoms with van der Waals surface area (Å²) in [4.78, 5) is 28.9. The second-order valence-corrected chi connectivity index (χ2v) is 8.47. The van der Waals surface area contributed by atoms with E-state index in [1.54, 1.807) is 17.2 Å². The van der Waals surface area contributed by atoms with Crippen LogP contribution in [0.2, 0.25) is 5.02 Å². The van der Waals surface area contributed by atoms with Gasteiger partial charge in [-0.1, -0.05) is 17.7 Å². The maximum atomic E-state index is 12.6. The van der Waals surface area contributed by atoms with Crippen LogP contribution in [0.1, 0.15) is 24.2 Å². The van der Waals surface area contributed by atoms with Gasteiger partial charge in [-0.2, -0.15) is 0 Å². The van der Waals surface area contributed by atoms with Crippen molar-refractivity contribution < 1.29 is 14.0 Å². The third-order valence-electron chi connectivity index (χ3n) is 5.87. The number of carbonyl (C=O) groups is 2. The number of nitrogens with one attached hydrogen (secondary N) is 1. The highest BCUT2D eigenvalue weighted by Gasteiger charge is 2.35. The molecular formula is C22H26ClN3O3. The van der Waals surface area contributed by atoms with Crippen molar-refractivity contribution in [3.8, 4) is 0 Å². The van der Waals surface area contributed by atoms with Gasteiger partial charge in [0.2, 0.25) is 11.8 Å². The molecule has 3 heterocycles. The fourth-order valence-corrected chi connectivity index (χ4v) is 4.39. The van der Waals surface area contributed by atoms with Crippen LogP contribution in [0.3, 0.4) is 0 Å². The number of amides is 2. The average molecular weight is 416 g/mol. The molecule has 2 saturated heterocycles. The Labute approximate surface area is 175 Å². The van der Waals surface area contributed by atoms with Crippen LogP contribution >= 0.6 is 11.6 Å². The molecule has 0 aliphatic carbocycles. The van der Waals surface area contributed by atoms with E-state index >= 15 is 0 Å². The van der Waals surface area contributed by atoms with E-state index in [9.17, 15) is 9.59 Å². The number of anilines is 1. The monoisotopic (exact) mass is 415 g/mol. The Bertz CT molecular complexity index is 883. The summed E-state index contributed by atoms with van der Waals surface area (Å²) in [6.07, 6.45) is 2.89. The Morgan fingerprint density at radius 1 is 1.31 bits per heavy atom. The minimum absolute atomic E-state index is 0.00465. The molecule has 2 fully saturated rings. The number of rotatable bonds is 6. The van der Waals surface area contributed by atoms with Crippen LogP contribution in [0.15, 0.2) is 41.0 Å². The number of halogens is 1. The number of furan rings is 1. The summed E-state index contributed by atoms with van der Waals surface area (Å²) in [5.41, 5.74) is 2.38. The summed E-state index contributed by atoms with van der Waals surface area (Å²) >= 11 is 6.15. The summed E-state index contributed by atoms with van der Waals surface area (Å²) in [7, 11) is 0. The zero-order valence-electron chi connectivity index (χ0n) is 16.6. The fourth-order valence-electron chi connectivity index (χ4n) is 4.22. The highest BCUT2D eigenvalue weighted by molar-refractivity contribution is 6.30. The summed E-state index contributed by atoms with van der Waals surface area (Å²) in [6, 6.07) is 9.60. The number of aryl methyl sites for hydroxylation is 1. The van der Waals surface area contributed by atoms with Crippen molar-refractivity contribution in [2.24, 2.45) is 11.8 Å². The van der Waals surface area contributed by atoms with Crippen LogP contribution in [0.4, 0.5) is 5.69 Å². The summed E-state index contributed by atoms with van der Waals surface area (Å²) in [5.74, 6) is 0.822. The largest absolute Gasteiger partial charge is 0.467 e. The normalized spacial score (nSPS) is 21.8. The Morgan fingerprint density at radius 2 is 2.17 bits per heavy atom. The molecule has 1 N–H and O–H groups in total. The van der Waals surface area contributed by atoms with Gasteiger partial charge in [0.15, 0.2) is 0 Å². The molecule has 2 aromatic rings. The average Bonchev–Trinajstić information content (AvgIpc) is 3.44. The quantitative estimate of drug-likeness (QED) is 0.786. The van der Waals surface area contributed by atoms with Crippen LogP contribution in [-0.4, -0.2) is 42.9 Å². The van der Waals surface area contributed by atoms with E-state index in [1.807, 2.05) is 24.3 Å². The van der Waals surface area contributed by atoms with Crippen molar-refractivity contribution in [3.05, 3.63) is 52.9 Å². The molecule has 1 aromatic heterocycles. The number of hydrogen-bond acceptors (Lipinski definition) is 4. The molecule has 2 unspecified atom stereocenters. The first kappa shape index (κ1) is 19.8. The topological polar surface area (TPSA) is 65.8 Å². The van der Waals surface area contributed by atoms with Crippen LogP contribution in [0, 0.1) is 18.8 Å². The van der Waals surface area contributed by atoms with Gasteiger partial charge in [-0.3, -0.25) is 9.59 Å². The van der Waals surface area contributed by atoms with Crippen molar-refractivity contribution in [1.82, 2.24) is 10.2 Å². The van der Waals surface area contributed by atoms with E-state index < -0.39 is 0 Å². The molecule has 0 radical (unpaired) electrons. The third kappa shape index (κ3) is 4.58. The highest BCUT2D eigenvalue weighted by Crippen LogP contribution is 2.29. The van der Waals surface area contributed by atoms with Crippen LogP contribution in [-0.2, 0) is 16.1 Å². The minimum Gasteiger partial charge on any atom is -0.467 e. The van der Waals surface area contributed by atoms with Crippen molar-refractivity contribution in [2.75, 3.05) is 31.1 Å². The molecule has 29 heavy (non-hydrogen) atoms. The number of nitrogens with zero attached hydrogens (tertiary/aromatic N) is 2. The SMILES string of the molecule is Cc1ccc(Cl)cc1N1CCC(CNC(=O)C2CC(=O)N(Cc3ccco3)C2)C1. The fraction of sp³-hybridized carbons (Fsp3) is 0.455. The number of hydrogen-bond donors (Lipinski definition) is 1. The second kappa shape index (κ2) is 8.49. The van der Waals surface area contributed by atoms with Gasteiger partial charge in [-0.15, -0.1) is 0 Å². The lowest BCUT2D eigenvalue weighted by Gasteiger charge is -2.21. The van der Waals surface area contributed by atoms with Gasteiger partial charge < -0.3 is 19.5 Å². The van der Waals surface area contributed by atoms with Crippen LogP contribution in [0.5, 0.6) is 0 Å². The number of benzene rings is 1. The van der Waals surface area contributed by atoms with Gasteiger partial charge in [0.1, 0.15) is 5.76 Å². The van der Waals surface area contributed by atoms with E-state index in [1.165, 1.54) is 11.3 Å². The molecule has 2 aliphatic heterocycles. The first-order valence-corrected chi connectivity index (χ1v) is 10.5. The summed E-state index contributed by atoms with van der Waals surface area (Å²) in [6.45, 7) is 5.45. The Hall–Kier alpha value is -2.47. The van der Waals surface area contributed by atoms with Gasteiger partial charge >= 0.3 is 0 Å². The van der Waals surface area contributed by atoms with Gasteiger partial charge in [-0.25, -0.2) is 0 Å². The van der Waals surface area contributed by atoms with E-state index in [0.717, 1.165) is 30.3 Å². The van der Waals surface area contributed by atoms with Gasteiger partial charge in [0, 0.05) is 43.3 Å². The van der Waals surface area contributed by atoms with Gasteiger partial charge in [-0.05, 0) is 49.1 Å². The van der Waals surface area contributed by atoms with Crippen molar-refractivity contribution in [1.29, 1.82) is 0 Å². The maximum Gasteiger partial charge on any atom is 0.225 e. The molecule has 4 rings (SSSR count). The molecule has 6 nitrogen and oxygen atoms in total. The molecule has 7 heteroatoms. The lowest BCUT2D eigenvalue weighted by Crippen LogP contribution is -2.36. The highest BCUT2D eigenvalue weighted by atomic mass is 35.5. The summed E-state index contributed by atoms with van der Waals surface area (Å²) < 4.78 is 5.31. The third-order valence-corrected chi connectivity index (χ3v) is 6.11. The zero-order chi connectivity index (χ0) is 20.4. The minimum atomic E-state index is -0.287. The Morgan fingerprint density at radius 3 is 2.97 bits per heavy atom. The number of likely N-dealkylation sites (tertiary alicyclic amines) is 1. The lowest BCUT2D eigenvalue weighted by atomic mass is 10.1. The Balaban J connectivity index is 1.26. The molecular weight excluding hydrogens is 390 g/mol. The van der Waals surface area contributed by atoms with E-state index in [-0.39, 0.29) is 24.2 Å². The van der Waals surface area contributed by atoms with Gasteiger partial charge in [0.05, 0.1) is 18.7 Å². The van der Waals surface area contributed by atoms with Crippen LogP contribution in [0.25, 0.3) is 0 Å². The smallest absolute Gasteiger partial charge is 0.225 e. The first-order chi connectivity index (χ1) is 14.0. The predicted octanol–water partition coefficient (Wildman–Crippen LogP) is 3.23. The molecule has 0 bridgehead atoms. The zero-order valence-corrected chi connectivity index (χ0v) is 17.3.